The summed E-state index contributed by atoms with van der Waals surface area (Å²) in [5.74, 6) is 0. The van der Waals surface area contributed by atoms with E-state index in [0.29, 0.717) is 0 Å². The molecule has 0 atom stereocenters. The van der Waals surface area contributed by atoms with Crippen LogP contribution in [0.5, 0.6) is 0 Å². The average Bonchev–Trinajstić information content (AvgIpc) is 3.04. The van der Waals surface area contributed by atoms with Gasteiger partial charge in [0.1, 0.15) is 0 Å². The van der Waals surface area contributed by atoms with E-state index in [0.717, 1.165) is 37.9 Å². The fourth-order valence-corrected chi connectivity index (χ4v) is 3.38. The van der Waals surface area contributed by atoms with E-state index < -0.39 is 0 Å². The van der Waals surface area contributed by atoms with Gasteiger partial charge < -0.3 is 5.73 Å². The van der Waals surface area contributed by atoms with Crippen molar-refractivity contribution in [2.45, 2.75) is 0 Å². The van der Waals surface area contributed by atoms with Crippen LogP contribution in [-0.4, -0.2) is 10.7 Å². The van der Waals surface area contributed by atoms with Crippen molar-refractivity contribution in [2.24, 2.45) is 4.99 Å². The van der Waals surface area contributed by atoms with Gasteiger partial charge in [0.05, 0.1) is 15.9 Å². The van der Waals surface area contributed by atoms with Gasteiger partial charge in [0, 0.05) is 16.8 Å². The molecule has 4 heteroatoms. The summed E-state index contributed by atoms with van der Waals surface area (Å²) in [6.07, 6.45) is 0. The summed E-state index contributed by atoms with van der Waals surface area (Å²) in [7, 11) is 0. The molecule has 0 fully saturated rings. The van der Waals surface area contributed by atoms with E-state index in [9.17, 15) is 0 Å². The van der Waals surface area contributed by atoms with E-state index in [1.54, 1.807) is 11.3 Å². The first-order chi connectivity index (χ1) is 11.8. The molecule has 0 radical (unpaired) electrons. The van der Waals surface area contributed by atoms with Crippen LogP contribution >= 0.6 is 11.3 Å². The van der Waals surface area contributed by atoms with Gasteiger partial charge in [-0.2, -0.15) is 0 Å². The molecular weight excluding hydrogens is 314 g/mol. The topological polar surface area (TPSA) is 51.3 Å². The SMILES string of the molecule is Nc1ccc(C(=Nc2nc3ccccc3s2)c2ccccc2)cc1. The van der Waals surface area contributed by atoms with E-state index in [1.165, 1.54) is 0 Å². The molecule has 0 bridgehead atoms. The van der Waals surface area contributed by atoms with Gasteiger partial charge in [-0.05, 0) is 24.3 Å². The summed E-state index contributed by atoms with van der Waals surface area (Å²) in [6.45, 7) is 0. The zero-order chi connectivity index (χ0) is 16.4. The number of nitrogens with two attached hydrogens (primary N) is 1. The zero-order valence-electron chi connectivity index (χ0n) is 12.9. The van der Waals surface area contributed by atoms with E-state index >= 15 is 0 Å². The maximum Gasteiger partial charge on any atom is 0.210 e. The number of thiazole rings is 1. The van der Waals surface area contributed by atoms with Crippen LogP contribution in [-0.2, 0) is 0 Å². The maximum atomic E-state index is 5.82. The van der Waals surface area contributed by atoms with Crippen molar-refractivity contribution in [1.82, 2.24) is 4.98 Å². The van der Waals surface area contributed by atoms with E-state index in [-0.39, 0.29) is 0 Å². The van der Waals surface area contributed by atoms with Crippen LogP contribution in [0.4, 0.5) is 10.8 Å². The third-order valence-electron chi connectivity index (χ3n) is 3.72. The molecule has 3 aromatic carbocycles. The van der Waals surface area contributed by atoms with Crippen molar-refractivity contribution in [3.8, 4) is 0 Å². The first kappa shape index (κ1) is 14.6. The van der Waals surface area contributed by atoms with Crippen molar-refractivity contribution in [3.05, 3.63) is 90.0 Å². The van der Waals surface area contributed by atoms with Gasteiger partial charge in [0.2, 0.25) is 5.13 Å². The number of para-hydroxylation sites is 1. The molecule has 0 amide bonds. The third kappa shape index (κ3) is 2.92. The quantitative estimate of drug-likeness (QED) is 0.422. The van der Waals surface area contributed by atoms with Crippen molar-refractivity contribution in [2.75, 3.05) is 5.73 Å². The lowest BCUT2D eigenvalue weighted by Gasteiger charge is -2.07. The number of hydrogen-bond acceptors (Lipinski definition) is 4. The number of aliphatic imine (C=N–C) groups is 1. The van der Waals surface area contributed by atoms with Crippen molar-refractivity contribution >= 4 is 38.1 Å². The van der Waals surface area contributed by atoms with Crippen LogP contribution in [0.15, 0.2) is 83.9 Å². The first-order valence-corrected chi connectivity index (χ1v) is 8.47. The van der Waals surface area contributed by atoms with Gasteiger partial charge in [-0.25, -0.2) is 9.98 Å². The number of anilines is 1. The zero-order valence-corrected chi connectivity index (χ0v) is 13.7. The highest BCUT2D eigenvalue weighted by Gasteiger charge is 2.09. The molecule has 0 aliphatic heterocycles. The Morgan fingerprint density at radius 2 is 1.46 bits per heavy atom. The summed E-state index contributed by atoms with van der Waals surface area (Å²) < 4.78 is 1.14. The monoisotopic (exact) mass is 329 g/mol. The largest absolute Gasteiger partial charge is 0.399 e. The Morgan fingerprint density at radius 1 is 0.792 bits per heavy atom. The van der Waals surface area contributed by atoms with Crippen molar-refractivity contribution in [1.29, 1.82) is 0 Å². The van der Waals surface area contributed by atoms with Crippen LogP contribution in [0.1, 0.15) is 11.1 Å². The lowest BCUT2D eigenvalue weighted by atomic mass is 10.0. The number of aromatic nitrogens is 1. The highest BCUT2D eigenvalue weighted by Crippen LogP contribution is 2.29. The number of benzene rings is 3. The van der Waals surface area contributed by atoms with Gasteiger partial charge in [0.25, 0.3) is 0 Å². The third-order valence-corrected chi connectivity index (χ3v) is 4.65. The van der Waals surface area contributed by atoms with Gasteiger partial charge in [-0.1, -0.05) is 65.9 Å². The molecule has 3 nitrogen and oxygen atoms in total. The minimum Gasteiger partial charge on any atom is -0.399 e. The Hall–Kier alpha value is -2.98. The second-order valence-electron chi connectivity index (χ2n) is 5.41. The Bertz CT molecular complexity index is 969. The van der Waals surface area contributed by atoms with Crippen LogP contribution in [0, 0.1) is 0 Å². The molecule has 0 aliphatic carbocycles. The predicted molar refractivity (Wildman–Crippen MR) is 102 cm³/mol. The van der Waals surface area contributed by atoms with E-state index in [4.69, 9.17) is 10.7 Å². The fourth-order valence-electron chi connectivity index (χ4n) is 2.54. The Balaban J connectivity index is 1.86. The smallest absolute Gasteiger partial charge is 0.210 e. The molecule has 0 saturated heterocycles. The molecular formula is C20H15N3S. The number of nitrogen functional groups attached to an aromatic ring is 1. The van der Waals surface area contributed by atoms with Gasteiger partial charge in [-0.3, -0.25) is 0 Å². The minimum absolute atomic E-state index is 0.742. The number of fused-ring (bicyclic) bond motifs is 1. The summed E-state index contributed by atoms with van der Waals surface area (Å²) in [5, 5.41) is 0.756. The van der Waals surface area contributed by atoms with Crippen LogP contribution in [0.2, 0.25) is 0 Å². The molecule has 1 heterocycles. The van der Waals surface area contributed by atoms with Crippen LogP contribution < -0.4 is 5.73 Å². The summed E-state index contributed by atoms with van der Waals surface area (Å²) >= 11 is 1.59. The van der Waals surface area contributed by atoms with Gasteiger partial charge >= 0.3 is 0 Å². The fraction of sp³-hybridized carbons (Fsp3) is 0. The highest BCUT2D eigenvalue weighted by atomic mass is 32.1. The molecule has 4 rings (SSSR count). The number of nitrogens with zero attached hydrogens (tertiary/aromatic N) is 2. The summed E-state index contributed by atoms with van der Waals surface area (Å²) in [4.78, 5) is 9.48. The molecule has 1 aromatic heterocycles. The molecule has 0 aliphatic rings. The Kier molecular flexibility index (Phi) is 3.81. The van der Waals surface area contributed by atoms with Crippen LogP contribution in [0.3, 0.4) is 0 Å². The molecule has 2 N–H and O–H groups in total. The Labute approximate surface area is 144 Å². The average molecular weight is 329 g/mol. The first-order valence-electron chi connectivity index (χ1n) is 7.65. The molecule has 116 valence electrons. The Morgan fingerprint density at radius 3 is 2.21 bits per heavy atom. The standard InChI is InChI=1S/C20H15N3S/c21-16-12-10-15(11-13-16)19(14-6-2-1-3-7-14)23-20-22-17-8-4-5-9-18(17)24-20/h1-13H,21H2. The normalized spacial score (nSPS) is 11.8. The maximum absolute atomic E-state index is 5.82. The minimum atomic E-state index is 0.742. The van der Waals surface area contributed by atoms with Crippen molar-refractivity contribution < 1.29 is 0 Å². The van der Waals surface area contributed by atoms with E-state index in [1.807, 2.05) is 60.7 Å². The molecule has 0 saturated carbocycles. The summed E-state index contributed by atoms with van der Waals surface area (Å²) in [5.41, 5.74) is 10.5. The molecule has 4 aromatic rings. The molecule has 0 spiro atoms. The summed E-state index contributed by atoms with van der Waals surface area (Å²) in [6, 6.07) is 26.0. The van der Waals surface area contributed by atoms with Crippen LogP contribution in [0.25, 0.3) is 10.2 Å². The van der Waals surface area contributed by atoms with Gasteiger partial charge in [-0.15, -0.1) is 0 Å². The predicted octanol–water partition coefficient (Wildman–Crippen LogP) is 5.05. The lowest BCUT2D eigenvalue weighted by Crippen LogP contribution is -2.03. The second-order valence-corrected chi connectivity index (χ2v) is 6.42. The molecule has 0 unspecified atom stereocenters. The van der Waals surface area contributed by atoms with Crippen molar-refractivity contribution in [3.63, 3.8) is 0 Å². The molecule has 24 heavy (non-hydrogen) atoms. The number of hydrogen-bond donors (Lipinski definition) is 1. The van der Waals surface area contributed by atoms with Gasteiger partial charge in [0.15, 0.2) is 0 Å². The second kappa shape index (κ2) is 6.26. The van der Waals surface area contributed by atoms with E-state index in [2.05, 4.69) is 23.2 Å². The highest BCUT2D eigenvalue weighted by molar-refractivity contribution is 7.22. The lowest BCUT2D eigenvalue weighted by molar-refractivity contribution is 1.39. The number of rotatable bonds is 3.